The van der Waals surface area contributed by atoms with Crippen molar-refractivity contribution in [3.63, 3.8) is 0 Å². The molecule has 0 aromatic carbocycles. The Morgan fingerprint density at radius 3 is 1.60 bits per heavy atom. The highest BCUT2D eigenvalue weighted by atomic mass is 79.9. The maximum absolute atomic E-state index is 5.27. The average Bonchev–Trinajstić information content (AvgIpc) is 0.722. The van der Waals surface area contributed by atoms with Crippen molar-refractivity contribution in [3.05, 3.63) is 0 Å². The van der Waals surface area contributed by atoms with Gasteiger partial charge in [0.25, 0.3) is 0 Å². The number of rotatable bonds is 0. The lowest BCUT2D eigenvalue weighted by molar-refractivity contribution is 0.778. The molecule has 0 saturated carbocycles. The molecule has 1 nitrogen and oxygen atoms in total. The van der Waals surface area contributed by atoms with Gasteiger partial charge in [0.2, 0.25) is 0 Å². The molecule has 0 aliphatic heterocycles. The van der Waals surface area contributed by atoms with Crippen molar-refractivity contribution in [1.82, 2.24) is 0 Å². The van der Waals surface area contributed by atoms with E-state index in [4.69, 9.17) is 5.73 Å². The molecule has 0 aliphatic carbocycles. The Balaban J connectivity index is 3.02. The van der Waals surface area contributed by atoms with Crippen LogP contribution in [0.4, 0.5) is 0 Å². The van der Waals surface area contributed by atoms with Gasteiger partial charge < -0.3 is 5.73 Å². The summed E-state index contributed by atoms with van der Waals surface area (Å²) in [6.45, 7) is 3.76. The van der Waals surface area contributed by atoms with Crippen LogP contribution in [-0.4, -0.2) is 4.45 Å². The first-order valence-electron chi connectivity index (χ1n) is 1.48. The predicted molar refractivity (Wildman–Crippen MR) is 27.2 cm³/mol. The van der Waals surface area contributed by atoms with Gasteiger partial charge in [-0.2, -0.15) is 0 Å². The molecule has 0 bridgehead atoms. The molecule has 0 fully saturated rings. The Morgan fingerprint density at radius 2 is 1.60 bits per heavy atom. The summed E-state index contributed by atoms with van der Waals surface area (Å²) in [5, 5.41) is 0. The van der Waals surface area contributed by atoms with Gasteiger partial charge in [0, 0.05) is 0 Å². The quantitative estimate of drug-likeness (QED) is 0.393. The van der Waals surface area contributed by atoms with Crippen molar-refractivity contribution in [2.24, 2.45) is 5.73 Å². The molecule has 0 aliphatic rings. The predicted octanol–water partition coefficient (Wildman–Crippen LogP) is 1.08. The molecule has 2 heteroatoms. The maximum atomic E-state index is 5.27. The van der Waals surface area contributed by atoms with Crippen molar-refractivity contribution < 1.29 is 0 Å². The van der Waals surface area contributed by atoms with Crippen molar-refractivity contribution in [2.75, 3.05) is 0 Å². The second-order valence-electron chi connectivity index (χ2n) is 1.56. The normalized spacial score (nSPS) is 12.0. The van der Waals surface area contributed by atoms with Crippen molar-refractivity contribution in [3.8, 4) is 0 Å². The highest BCUT2D eigenvalue weighted by molar-refractivity contribution is 9.10. The largest absolute Gasteiger partial charge is 0.317 e. The summed E-state index contributed by atoms with van der Waals surface area (Å²) in [6.07, 6.45) is 0. The fourth-order valence-corrected chi connectivity index (χ4v) is 0. The number of nitrogens with two attached hydrogens (primary N) is 1. The summed E-state index contributed by atoms with van der Waals surface area (Å²) >= 11 is 3.15. The fourth-order valence-electron chi connectivity index (χ4n) is 0. The molecule has 0 aromatic heterocycles. The molecule has 0 atom stereocenters. The summed E-state index contributed by atoms with van der Waals surface area (Å²) in [5.41, 5.74) is 5.27. The first-order chi connectivity index (χ1) is 2.00. The molecule has 32 valence electrons. The van der Waals surface area contributed by atoms with E-state index in [0.717, 1.165) is 0 Å². The molecule has 2 N–H and O–H groups in total. The minimum absolute atomic E-state index is 0.188. The summed E-state index contributed by atoms with van der Waals surface area (Å²) in [6, 6.07) is 0. The highest BCUT2D eigenvalue weighted by Gasteiger charge is 1.98. The minimum atomic E-state index is -0.188. The lowest BCUT2D eigenvalue weighted by Gasteiger charge is -2.03. The van der Waals surface area contributed by atoms with Crippen LogP contribution in [-0.2, 0) is 0 Å². The molecular formula is C3H8BrN. The van der Waals surface area contributed by atoms with Crippen LogP contribution in [0.5, 0.6) is 0 Å². The van der Waals surface area contributed by atoms with E-state index in [1.54, 1.807) is 0 Å². The van der Waals surface area contributed by atoms with Crippen LogP contribution in [0.1, 0.15) is 13.8 Å². The molecule has 5 heavy (non-hydrogen) atoms. The van der Waals surface area contributed by atoms with Crippen LogP contribution in [0, 0.1) is 0 Å². The van der Waals surface area contributed by atoms with E-state index in [9.17, 15) is 0 Å². The maximum Gasteiger partial charge on any atom is 0.0660 e. The second-order valence-corrected chi connectivity index (χ2v) is 3.61. The lowest BCUT2D eigenvalue weighted by Crippen LogP contribution is -2.21. The topological polar surface area (TPSA) is 26.0 Å². The molecule has 0 saturated heterocycles. The Morgan fingerprint density at radius 1 is 1.60 bits per heavy atom. The van der Waals surface area contributed by atoms with Gasteiger partial charge in [-0.3, -0.25) is 0 Å². The summed E-state index contributed by atoms with van der Waals surface area (Å²) in [4.78, 5) is 0. The molecule has 0 aromatic rings. The Kier molecular flexibility index (Phi) is 1.38. The highest BCUT2D eigenvalue weighted by Crippen LogP contribution is 2.03. The van der Waals surface area contributed by atoms with Crippen LogP contribution in [0.15, 0.2) is 0 Å². The number of hydrogen-bond donors (Lipinski definition) is 1. The lowest BCUT2D eigenvalue weighted by atomic mass is 10.4. The van der Waals surface area contributed by atoms with Gasteiger partial charge in [-0.1, -0.05) is 15.9 Å². The Labute approximate surface area is 40.7 Å². The first-order valence-corrected chi connectivity index (χ1v) is 2.27. The molecule has 0 heterocycles. The number of halogens is 1. The van der Waals surface area contributed by atoms with Gasteiger partial charge in [-0.05, 0) is 13.8 Å². The summed E-state index contributed by atoms with van der Waals surface area (Å²) in [7, 11) is 0. The minimum Gasteiger partial charge on any atom is -0.317 e. The fraction of sp³-hybridized carbons (Fsp3) is 1.00. The average molecular weight is 138 g/mol. The third-order valence-corrected chi connectivity index (χ3v) is 0. The van der Waals surface area contributed by atoms with E-state index in [-0.39, 0.29) is 4.45 Å². The van der Waals surface area contributed by atoms with Crippen LogP contribution in [0.2, 0.25) is 0 Å². The molecule has 0 spiro atoms. The zero-order valence-corrected chi connectivity index (χ0v) is 5.04. The Hall–Kier alpha value is 0.440. The van der Waals surface area contributed by atoms with E-state index in [1.165, 1.54) is 0 Å². The van der Waals surface area contributed by atoms with Gasteiger partial charge in [0.05, 0.1) is 4.45 Å². The molecule has 0 amide bonds. The monoisotopic (exact) mass is 137 g/mol. The first kappa shape index (κ1) is 5.44. The zero-order valence-electron chi connectivity index (χ0n) is 3.46. The van der Waals surface area contributed by atoms with E-state index >= 15 is 0 Å². The molecule has 0 rings (SSSR count). The van der Waals surface area contributed by atoms with Crippen molar-refractivity contribution >= 4 is 15.9 Å². The third kappa shape index (κ3) is 137. The smallest absolute Gasteiger partial charge is 0.0660 e. The van der Waals surface area contributed by atoms with Gasteiger partial charge in [-0.25, -0.2) is 0 Å². The SMILES string of the molecule is CC(C)(N)Br. The second kappa shape index (κ2) is 1.27. The summed E-state index contributed by atoms with van der Waals surface area (Å²) < 4.78 is -0.188. The third-order valence-electron chi connectivity index (χ3n) is 0. The number of alkyl halides is 1. The van der Waals surface area contributed by atoms with Crippen LogP contribution in [0.3, 0.4) is 0 Å². The molecular weight excluding hydrogens is 130 g/mol. The molecule has 0 radical (unpaired) electrons. The Bertz CT molecular complexity index is 22.4. The van der Waals surface area contributed by atoms with E-state index < -0.39 is 0 Å². The van der Waals surface area contributed by atoms with E-state index in [2.05, 4.69) is 15.9 Å². The van der Waals surface area contributed by atoms with Crippen molar-refractivity contribution in [2.45, 2.75) is 18.3 Å². The van der Waals surface area contributed by atoms with E-state index in [0.29, 0.717) is 0 Å². The van der Waals surface area contributed by atoms with Crippen LogP contribution < -0.4 is 5.73 Å². The molecule has 0 unspecified atom stereocenters. The van der Waals surface area contributed by atoms with Gasteiger partial charge in [0.1, 0.15) is 0 Å². The standard InChI is InChI=1S/C3H8BrN/c1-3(2,4)5/h5H2,1-2H3. The van der Waals surface area contributed by atoms with E-state index in [1.807, 2.05) is 13.8 Å². The van der Waals surface area contributed by atoms with Crippen LogP contribution >= 0.6 is 15.9 Å². The van der Waals surface area contributed by atoms with Gasteiger partial charge in [0.15, 0.2) is 0 Å². The van der Waals surface area contributed by atoms with Gasteiger partial charge in [-0.15, -0.1) is 0 Å². The van der Waals surface area contributed by atoms with Gasteiger partial charge >= 0.3 is 0 Å². The van der Waals surface area contributed by atoms with Crippen molar-refractivity contribution in [1.29, 1.82) is 0 Å². The summed E-state index contributed by atoms with van der Waals surface area (Å²) in [5.74, 6) is 0. The zero-order chi connectivity index (χ0) is 4.50. The van der Waals surface area contributed by atoms with Crippen LogP contribution in [0.25, 0.3) is 0 Å². The number of hydrogen-bond acceptors (Lipinski definition) is 1.